The predicted octanol–water partition coefficient (Wildman–Crippen LogP) is 5.25. The van der Waals surface area contributed by atoms with Gasteiger partial charge in [-0.1, -0.05) is 53.5 Å². The van der Waals surface area contributed by atoms with E-state index < -0.39 is 0 Å². The first-order valence-corrected chi connectivity index (χ1v) is 12.5. The summed E-state index contributed by atoms with van der Waals surface area (Å²) in [6.07, 6.45) is 6.62. The van der Waals surface area contributed by atoms with Crippen molar-refractivity contribution in [3.8, 4) is 6.07 Å². The maximum Gasteiger partial charge on any atom is 0.242 e. The number of amides is 1. The molecular weight excluding hydrogens is 481 g/mol. The van der Waals surface area contributed by atoms with Gasteiger partial charge in [0.25, 0.3) is 0 Å². The third kappa shape index (κ3) is 4.99. The third-order valence-corrected chi connectivity index (χ3v) is 7.32. The maximum atomic E-state index is 13.4. The summed E-state index contributed by atoms with van der Waals surface area (Å²) in [4.78, 5) is 17.2. The van der Waals surface area contributed by atoms with Crippen LogP contribution in [0.2, 0.25) is 10.0 Å². The lowest BCUT2D eigenvalue weighted by Gasteiger charge is -2.34. The van der Waals surface area contributed by atoms with E-state index in [1.54, 1.807) is 27.8 Å². The second-order valence-electron chi connectivity index (χ2n) is 9.03. The number of carbonyl (C=O) groups excluding carboxylic acids is 1. The van der Waals surface area contributed by atoms with Gasteiger partial charge in [0, 0.05) is 17.1 Å². The van der Waals surface area contributed by atoms with Crippen LogP contribution in [0.3, 0.4) is 0 Å². The molecule has 0 N–H and O–H groups in total. The Hall–Kier alpha value is -3.11. The van der Waals surface area contributed by atoms with Crippen molar-refractivity contribution in [2.75, 3.05) is 31.1 Å². The zero-order chi connectivity index (χ0) is 24.4. The number of nitriles is 1. The Kier molecular flexibility index (Phi) is 6.92. The van der Waals surface area contributed by atoms with Crippen LogP contribution >= 0.6 is 23.2 Å². The van der Waals surface area contributed by atoms with Gasteiger partial charge in [0.1, 0.15) is 11.6 Å². The molecule has 0 unspecified atom stereocenters. The third-order valence-electron chi connectivity index (χ3n) is 6.75. The molecule has 178 valence electrons. The first-order valence-electron chi connectivity index (χ1n) is 11.7. The molecule has 0 radical (unpaired) electrons. The van der Waals surface area contributed by atoms with Gasteiger partial charge >= 0.3 is 0 Å². The molecule has 1 saturated heterocycles. The number of carbonyl (C=O) groups is 1. The number of aromatic nitrogens is 2. The smallest absolute Gasteiger partial charge is 0.242 e. The molecule has 2 aromatic carbocycles. The van der Waals surface area contributed by atoms with Crippen LogP contribution in [0.5, 0.6) is 0 Å². The van der Waals surface area contributed by atoms with Gasteiger partial charge in [-0.15, -0.1) is 0 Å². The summed E-state index contributed by atoms with van der Waals surface area (Å²) in [5.41, 5.74) is 3.14. The summed E-state index contributed by atoms with van der Waals surface area (Å²) >= 11 is 12.6. The molecule has 1 amide bonds. The van der Waals surface area contributed by atoms with Crippen LogP contribution in [0, 0.1) is 17.2 Å². The standard InChI is InChI=1S/C27H25Cl2N5O/c28-22-6-7-24(29)23(15-22)25-10-13-33(27-21(16-30)17-31-34(25)27)26(35)18-32-11-8-20(9-12-32)14-19-4-2-1-3-5-19/h1-7,10,15,17,20H,8-9,11-14,18H2. The number of halogens is 2. The molecule has 6 nitrogen and oxygen atoms in total. The molecule has 5 rings (SSSR count). The highest BCUT2D eigenvalue weighted by Gasteiger charge is 2.31. The maximum absolute atomic E-state index is 13.4. The highest BCUT2D eigenvalue weighted by molar-refractivity contribution is 6.34. The minimum Gasteiger partial charge on any atom is -0.294 e. The monoisotopic (exact) mass is 505 g/mol. The number of anilines is 1. The van der Waals surface area contributed by atoms with Gasteiger partial charge in [0.15, 0.2) is 5.82 Å². The van der Waals surface area contributed by atoms with Crippen LogP contribution in [0.4, 0.5) is 5.82 Å². The van der Waals surface area contributed by atoms with Crippen molar-refractivity contribution in [3.05, 3.63) is 87.5 Å². The second-order valence-corrected chi connectivity index (χ2v) is 9.88. The molecular formula is C27H25Cl2N5O. The number of rotatable bonds is 5. The SMILES string of the molecule is N#Cc1cnn2c1N(C(=O)CN1CCC(Cc3ccccc3)CC1)CC=C2c1cc(Cl)ccc1Cl. The van der Waals surface area contributed by atoms with Crippen LogP contribution in [-0.2, 0) is 11.2 Å². The fraction of sp³-hybridized carbons (Fsp3) is 0.296. The van der Waals surface area contributed by atoms with E-state index in [0.29, 0.717) is 51.7 Å². The Bertz CT molecular complexity index is 1300. The average molecular weight is 506 g/mol. The quantitative estimate of drug-likeness (QED) is 0.474. The molecule has 0 saturated carbocycles. The average Bonchev–Trinajstić information content (AvgIpc) is 3.31. The molecule has 1 aromatic heterocycles. The lowest BCUT2D eigenvalue weighted by atomic mass is 9.90. The van der Waals surface area contributed by atoms with Crippen molar-refractivity contribution in [1.29, 1.82) is 5.26 Å². The number of piperidine rings is 1. The van der Waals surface area contributed by atoms with Gasteiger partial charge in [-0.2, -0.15) is 10.4 Å². The Morgan fingerprint density at radius 3 is 2.63 bits per heavy atom. The lowest BCUT2D eigenvalue weighted by molar-refractivity contribution is -0.120. The van der Waals surface area contributed by atoms with Gasteiger partial charge in [-0.05, 0) is 68.1 Å². The number of hydrogen-bond donors (Lipinski definition) is 0. The molecule has 0 bridgehead atoms. The van der Waals surface area contributed by atoms with Crippen LogP contribution in [-0.4, -0.2) is 46.8 Å². The number of benzene rings is 2. The predicted molar refractivity (Wildman–Crippen MR) is 138 cm³/mol. The van der Waals surface area contributed by atoms with E-state index in [-0.39, 0.29) is 5.91 Å². The number of nitrogens with zero attached hydrogens (tertiary/aromatic N) is 5. The van der Waals surface area contributed by atoms with E-state index in [1.165, 1.54) is 11.8 Å². The summed E-state index contributed by atoms with van der Waals surface area (Å²) in [5, 5.41) is 15.2. The first kappa shape index (κ1) is 23.6. The minimum absolute atomic E-state index is 0.0442. The van der Waals surface area contributed by atoms with E-state index in [2.05, 4.69) is 40.3 Å². The molecule has 0 atom stereocenters. The van der Waals surface area contributed by atoms with Crippen LogP contribution in [0.15, 0.2) is 60.8 Å². The van der Waals surface area contributed by atoms with Crippen molar-refractivity contribution in [2.45, 2.75) is 19.3 Å². The van der Waals surface area contributed by atoms with Crippen molar-refractivity contribution >= 4 is 40.6 Å². The van der Waals surface area contributed by atoms with Gasteiger partial charge in [0.2, 0.25) is 5.91 Å². The normalized spacial score (nSPS) is 16.5. The van der Waals surface area contributed by atoms with E-state index in [0.717, 1.165) is 32.4 Å². The van der Waals surface area contributed by atoms with Crippen LogP contribution in [0.1, 0.15) is 29.5 Å². The highest BCUT2D eigenvalue weighted by Crippen LogP contribution is 2.35. The van der Waals surface area contributed by atoms with Crippen molar-refractivity contribution < 1.29 is 4.79 Å². The van der Waals surface area contributed by atoms with E-state index in [4.69, 9.17) is 23.2 Å². The van der Waals surface area contributed by atoms with Gasteiger partial charge < -0.3 is 0 Å². The Labute approximate surface area is 215 Å². The van der Waals surface area contributed by atoms with Gasteiger partial charge in [-0.3, -0.25) is 14.6 Å². The number of likely N-dealkylation sites (tertiary alicyclic amines) is 1. The topological polar surface area (TPSA) is 65.2 Å². The first-order chi connectivity index (χ1) is 17.0. The van der Waals surface area contributed by atoms with Crippen molar-refractivity contribution in [3.63, 3.8) is 0 Å². The molecule has 8 heteroatoms. The van der Waals surface area contributed by atoms with Crippen LogP contribution < -0.4 is 4.90 Å². The number of fused-ring (bicyclic) bond motifs is 1. The molecule has 0 spiro atoms. The van der Waals surface area contributed by atoms with Gasteiger partial charge in [0.05, 0.1) is 23.5 Å². The molecule has 3 aromatic rings. The molecule has 0 aliphatic carbocycles. The number of hydrogen-bond acceptors (Lipinski definition) is 4. The zero-order valence-electron chi connectivity index (χ0n) is 19.2. The minimum atomic E-state index is -0.0442. The fourth-order valence-corrected chi connectivity index (χ4v) is 5.30. The molecule has 35 heavy (non-hydrogen) atoms. The Morgan fingerprint density at radius 2 is 1.89 bits per heavy atom. The Balaban J connectivity index is 1.29. The van der Waals surface area contributed by atoms with E-state index in [1.807, 2.05) is 12.1 Å². The van der Waals surface area contributed by atoms with Crippen molar-refractivity contribution in [2.24, 2.45) is 5.92 Å². The summed E-state index contributed by atoms with van der Waals surface area (Å²) in [7, 11) is 0. The molecule has 2 aliphatic heterocycles. The zero-order valence-corrected chi connectivity index (χ0v) is 20.7. The fourth-order valence-electron chi connectivity index (χ4n) is 4.92. The second kappa shape index (κ2) is 10.2. The van der Waals surface area contributed by atoms with Crippen molar-refractivity contribution in [1.82, 2.24) is 14.7 Å². The molecule has 1 fully saturated rings. The summed E-state index contributed by atoms with van der Waals surface area (Å²) in [6, 6.07) is 18.0. The van der Waals surface area contributed by atoms with Gasteiger partial charge in [-0.25, -0.2) is 4.68 Å². The Morgan fingerprint density at radius 1 is 1.11 bits per heavy atom. The summed E-state index contributed by atoms with van der Waals surface area (Å²) < 4.78 is 1.61. The largest absolute Gasteiger partial charge is 0.294 e. The molecule has 2 aliphatic rings. The van der Waals surface area contributed by atoms with E-state index >= 15 is 0 Å². The molecule has 3 heterocycles. The highest BCUT2D eigenvalue weighted by atomic mass is 35.5. The summed E-state index contributed by atoms with van der Waals surface area (Å²) in [5.74, 6) is 1.07. The lowest BCUT2D eigenvalue weighted by Crippen LogP contribution is -2.45. The summed E-state index contributed by atoms with van der Waals surface area (Å²) in [6.45, 7) is 2.43. The van der Waals surface area contributed by atoms with Crippen LogP contribution in [0.25, 0.3) is 5.70 Å². The van der Waals surface area contributed by atoms with E-state index in [9.17, 15) is 10.1 Å².